The van der Waals surface area contributed by atoms with Gasteiger partial charge in [-0.2, -0.15) is 0 Å². The van der Waals surface area contributed by atoms with Crippen molar-refractivity contribution in [2.24, 2.45) is 0 Å². The van der Waals surface area contributed by atoms with Crippen LogP contribution in [0.3, 0.4) is 0 Å². The average Bonchev–Trinajstić information content (AvgIpc) is 2.76. The quantitative estimate of drug-likeness (QED) is 0.660. The molecule has 0 atom stereocenters. The van der Waals surface area contributed by atoms with Crippen LogP contribution in [0.1, 0.15) is 11.3 Å². The van der Waals surface area contributed by atoms with Gasteiger partial charge < -0.3 is 4.74 Å². The minimum atomic E-state index is -0.114. The third kappa shape index (κ3) is 4.52. The van der Waals surface area contributed by atoms with E-state index in [1.54, 1.807) is 4.68 Å². The van der Waals surface area contributed by atoms with E-state index < -0.39 is 0 Å². The summed E-state index contributed by atoms with van der Waals surface area (Å²) in [6, 6.07) is 19.8. The highest BCUT2D eigenvalue weighted by Crippen LogP contribution is 2.14. The van der Waals surface area contributed by atoms with Crippen LogP contribution in [0.15, 0.2) is 65.5 Å². The fourth-order valence-electron chi connectivity index (χ4n) is 3.33. The van der Waals surface area contributed by atoms with Gasteiger partial charge in [-0.25, -0.2) is 9.67 Å². The van der Waals surface area contributed by atoms with Crippen LogP contribution in [0.5, 0.6) is 0 Å². The van der Waals surface area contributed by atoms with E-state index in [1.165, 1.54) is 0 Å². The van der Waals surface area contributed by atoms with Gasteiger partial charge in [0.25, 0.3) is 5.56 Å². The zero-order chi connectivity index (χ0) is 19.2. The first-order valence-corrected chi connectivity index (χ1v) is 9.67. The van der Waals surface area contributed by atoms with Gasteiger partial charge in [0.05, 0.1) is 19.8 Å². The Kier molecular flexibility index (Phi) is 5.89. The number of aromatic nitrogens is 3. The van der Waals surface area contributed by atoms with Gasteiger partial charge >= 0.3 is 0 Å². The molecule has 2 aromatic carbocycles. The van der Waals surface area contributed by atoms with Crippen molar-refractivity contribution in [1.29, 1.82) is 0 Å². The Bertz CT molecular complexity index is 951. The summed E-state index contributed by atoms with van der Waals surface area (Å²) in [7, 11) is 0. The summed E-state index contributed by atoms with van der Waals surface area (Å²) in [6.45, 7) is 4.59. The van der Waals surface area contributed by atoms with Crippen molar-refractivity contribution >= 4 is 0 Å². The first-order chi connectivity index (χ1) is 13.8. The number of ether oxygens (including phenoxy) is 1. The number of hydrogen-bond acceptors (Lipinski definition) is 5. The molecule has 6 heteroatoms. The van der Waals surface area contributed by atoms with Crippen LogP contribution in [-0.2, 0) is 17.7 Å². The molecule has 6 nitrogen and oxygen atoms in total. The van der Waals surface area contributed by atoms with Crippen LogP contribution < -0.4 is 5.56 Å². The van der Waals surface area contributed by atoms with Crippen molar-refractivity contribution in [3.8, 4) is 11.4 Å². The van der Waals surface area contributed by atoms with Gasteiger partial charge in [-0.1, -0.05) is 60.7 Å². The Balaban J connectivity index is 1.65. The van der Waals surface area contributed by atoms with E-state index in [1.807, 2.05) is 60.7 Å². The number of hydrogen-bond donors (Lipinski definition) is 0. The summed E-state index contributed by atoms with van der Waals surface area (Å²) in [4.78, 5) is 19.9. The Morgan fingerprint density at radius 3 is 2.29 bits per heavy atom. The van der Waals surface area contributed by atoms with Crippen LogP contribution in [0, 0.1) is 0 Å². The molecule has 0 unspecified atom stereocenters. The fraction of sp³-hybridized carbons (Fsp3) is 0.318. The summed E-state index contributed by atoms with van der Waals surface area (Å²) in [5.41, 5.74) is 2.40. The Labute approximate surface area is 164 Å². The summed E-state index contributed by atoms with van der Waals surface area (Å²) < 4.78 is 6.97. The van der Waals surface area contributed by atoms with E-state index in [0.29, 0.717) is 24.5 Å². The van der Waals surface area contributed by atoms with Crippen LogP contribution in [-0.4, -0.2) is 52.5 Å². The van der Waals surface area contributed by atoms with Crippen molar-refractivity contribution in [3.05, 3.63) is 82.3 Å². The summed E-state index contributed by atoms with van der Waals surface area (Å²) in [5, 5.41) is 4.56. The highest BCUT2D eigenvalue weighted by Gasteiger charge is 2.15. The van der Waals surface area contributed by atoms with Gasteiger partial charge in [0.15, 0.2) is 5.82 Å². The molecule has 0 N–H and O–H groups in total. The maximum absolute atomic E-state index is 13.0. The third-order valence-electron chi connectivity index (χ3n) is 4.92. The van der Waals surface area contributed by atoms with Gasteiger partial charge in [0.1, 0.15) is 5.69 Å². The topological polar surface area (TPSA) is 60.2 Å². The smallest absolute Gasteiger partial charge is 0.288 e. The highest BCUT2D eigenvalue weighted by molar-refractivity contribution is 5.53. The van der Waals surface area contributed by atoms with E-state index in [-0.39, 0.29) is 5.56 Å². The molecule has 0 bridgehead atoms. The van der Waals surface area contributed by atoms with Crippen LogP contribution >= 0.6 is 0 Å². The molecule has 0 radical (unpaired) electrons. The van der Waals surface area contributed by atoms with Crippen LogP contribution in [0.2, 0.25) is 0 Å². The highest BCUT2D eigenvalue weighted by atomic mass is 16.5. The number of rotatable bonds is 6. The van der Waals surface area contributed by atoms with Crippen molar-refractivity contribution < 1.29 is 4.74 Å². The predicted molar refractivity (Wildman–Crippen MR) is 108 cm³/mol. The van der Waals surface area contributed by atoms with Crippen LogP contribution in [0.25, 0.3) is 11.4 Å². The lowest BCUT2D eigenvalue weighted by Crippen LogP contribution is -2.40. The predicted octanol–water partition coefficient (Wildman–Crippen LogP) is 2.23. The molecular weight excluding hydrogens is 352 g/mol. The first kappa shape index (κ1) is 18.5. The molecule has 0 aliphatic carbocycles. The second-order valence-electron chi connectivity index (χ2n) is 6.89. The second kappa shape index (κ2) is 8.91. The summed E-state index contributed by atoms with van der Waals surface area (Å²) in [6.07, 6.45) is 0.500. The molecule has 2 heterocycles. The van der Waals surface area contributed by atoms with E-state index in [2.05, 4.69) is 15.0 Å². The summed E-state index contributed by atoms with van der Waals surface area (Å²) in [5.74, 6) is 0.591. The molecule has 0 amide bonds. The SMILES string of the molecule is O=c1c(Cc2ccccc2)nc(-c2ccccc2)nn1CCN1CCOCC1. The standard InChI is InChI=1S/C22H24N4O2/c27-22-20(17-18-7-3-1-4-8-18)23-21(19-9-5-2-6-10-19)24-26(22)12-11-25-13-15-28-16-14-25/h1-10H,11-17H2. The molecule has 1 saturated heterocycles. The number of benzene rings is 2. The lowest BCUT2D eigenvalue weighted by molar-refractivity contribution is 0.0357. The minimum Gasteiger partial charge on any atom is -0.379 e. The van der Waals surface area contributed by atoms with E-state index in [9.17, 15) is 4.79 Å². The number of morpholine rings is 1. The molecule has 0 saturated carbocycles. The molecule has 1 aromatic heterocycles. The monoisotopic (exact) mass is 376 g/mol. The molecule has 0 spiro atoms. The zero-order valence-electron chi connectivity index (χ0n) is 15.8. The lowest BCUT2D eigenvalue weighted by atomic mass is 10.1. The molecule has 4 rings (SSSR count). The fourth-order valence-corrected chi connectivity index (χ4v) is 3.33. The van der Waals surface area contributed by atoms with Crippen molar-refractivity contribution in [3.63, 3.8) is 0 Å². The van der Waals surface area contributed by atoms with Gasteiger partial charge in [-0.15, -0.1) is 5.10 Å². The van der Waals surface area contributed by atoms with Crippen molar-refractivity contribution in [2.45, 2.75) is 13.0 Å². The lowest BCUT2D eigenvalue weighted by Gasteiger charge is -2.26. The van der Waals surface area contributed by atoms with Gasteiger partial charge in [0, 0.05) is 31.6 Å². The maximum atomic E-state index is 13.0. The molecule has 1 fully saturated rings. The molecule has 144 valence electrons. The Hall–Kier alpha value is -2.83. The van der Waals surface area contributed by atoms with Crippen LogP contribution in [0.4, 0.5) is 0 Å². The van der Waals surface area contributed by atoms with E-state index in [4.69, 9.17) is 4.74 Å². The second-order valence-corrected chi connectivity index (χ2v) is 6.89. The molecule has 28 heavy (non-hydrogen) atoms. The number of nitrogens with zero attached hydrogens (tertiary/aromatic N) is 4. The average molecular weight is 376 g/mol. The first-order valence-electron chi connectivity index (χ1n) is 9.67. The van der Waals surface area contributed by atoms with Gasteiger partial charge in [-0.05, 0) is 5.56 Å². The third-order valence-corrected chi connectivity index (χ3v) is 4.92. The van der Waals surface area contributed by atoms with Crippen molar-refractivity contribution in [2.75, 3.05) is 32.8 Å². The van der Waals surface area contributed by atoms with Gasteiger partial charge in [-0.3, -0.25) is 9.69 Å². The minimum absolute atomic E-state index is 0.114. The Morgan fingerprint density at radius 1 is 0.893 bits per heavy atom. The van der Waals surface area contributed by atoms with E-state index >= 15 is 0 Å². The molecular formula is C22H24N4O2. The molecule has 1 aliphatic rings. The largest absolute Gasteiger partial charge is 0.379 e. The molecule has 1 aliphatic heterocycles. The van der Waals surface area contributed by atoms with Gasteiger partial charge in [0.2, 0.25) is 0 Å². The maximum Gasteiger partial charge on any atom is 0.288 e. The van der Waals surface area contributed by atoms with Crippen molar-refractivity contribution in [1.82, 2.24) is 19.7 Å². The summed E-state index contributed by atoms with van der Waals surface area (Å²) >= 11 is 0. The Morgan fingerprint density at radius 2 is 1.57 bits per heavy atom. The zero-order valence-corrected chi connectivity index (χ0v) is 15.8. The normalized spacial score (nSPS) is 14.9. The van der Waals surface area contributed by atoms with E-state index in [0.717, 1.165) is 44.0 Å². The molecule has 3 aromatic rings.